The van der Waals surface area contributed by atoms with E-state index in [1.54, 1.807) is 12.1 Å². The Kier molecular flexibility index (Phi) is 6.40. The number of hydrogen-bond donors (Lipinski definition) is 2. The molecular weight excluding hydrogens is 396 g/mol. The summed E-state index contributed by atoms with van der Waals surface area (Å²) in [5.74, 6) is 0.663. The fraction of sp³-hybridized carbons (Fsp3) is 0.348. The van der Waals surface area contributed by atoms with E-state index in [1.165, 1.54) is 22.5 Å². The third-order valence-electron chi connectivity index (χ3n) is 5.55. The quantitative estimate of drug-likeness (QED) is 0.631. The fourth-order valence-electron chi connectivity index (χ4n) is 3.74. The number of nitrogens with zero attached hydrogens (tertiary/aromatic N) is 3. The number of carbonyl (C=O) groups is 1. The predicted molar refractivity (Wildman–Crippen MR) is 118 cm³/mol. The molecule has 1 aromatic heterocycles. The van der Waals surface area contributed by atoms with E-state index in [-0.39, 0.29) is 5.91 Å². The van der Waals surface area contributed by atoms with Crippen LogP contribution < -0.4 is 5.32 Å². The van der Waals surface area contributed by atoms with Crippen molar-refractivity contribution in [3.63, 3.8) is 0 Å². The van der Waals surface area contributed by atoms with E-state index in [4.69, 9.17) is 0 Å². The minimum atomic E-state index is -0.176. The van der Waals surface area contributed by atoms with Crippen LogP contribution in [0.2, 0.25) is 0 Å². The number of piperidine rings is 1. The Morgan fingerprint density at radius 1 is 1.10 bits per heavy atom. The molecule has 2 heterocycles. The summed E-state index contributed by atoms with van der Waals surface area (Å²) in [6.45, 7) is 5.23. The maximum Gasteiger partial charge on any atom is 0.282 e. The van der Waals surface area contributed by atoms with Crippen LogP contribution in [-0.2, 0) is 13.1 Å². The van der Waals surface area contributed by atoms with Crippen LogP contribution in [-0.4, -0.2) is 39.2 Å². The molecule has 0 radical (unpaired) electrons. The summed E-state index contributed by atoms with van der Waals surface area (Å²) in [6, 6.07) is 15.7. The van der Waals surface area contributed by atoms with E-state index in [2.05, 4.69) is 20.4 Å². The number of nitrogens with one attached hydrogen (secondary N) is 1. The van der Waals surface area contributed by atoms with Gasteiger partial charge in [0.05, 0.1) is 6.54 Å². The summed E-state index contributed by atoms with van der Waals surface area (Å²) in [5.41, 5.74) is 3.55. The maximum absolute atomic E-state index is 12.4. The standard InChI is InChI=1S/C23H26N4O2S/c1-16-2-4-17(5-3-16)14-24-22(29)23-26-25-21(30-23)15-27-12-10-19(11-13-27)18-6-8-20(28)9-7-18/h2-9,19,28H,10-15H2,1H3,(H,24,29). The smallest absolute Gasteiger partial charge is 0.282 e. The Morgan fingerprint density at radius 2 is 1.80 bits per heavy atom. The summed E-state index contributed by atoms with van der Waals surface area (Å²) in [6.07, 6.45) is 2.15. The van der Waals surface area contributed by atoms with Crippen molar-refractivity contribution in [2.45, 2.75) is 38.8 Å². The largest absolute Gasteiger partial charge is 0.508 e. The molecule has 30 heavy (non-hydrogen) atoms. The van der Waals surface area contributed by atoms with Crippen molar-refractivity contribution in [2.75, 3.05) is 13.1 Å². The van der Waals surface area contributed by atoms with Gasteiger partial charge in [-0.15, -0.1) is 10.2 Å². The molecule has 3 aromatic rings. The van der Waals surface area contributed by atoms with Gasteiger partial charge in [-0.1, -0.05) is 53.3 Å². The second-order valence-electron chi connectivity index (χ2n) is 7.81. The highest BCUT2D eigenvalue weighted by atomic mass is 32.1. The first-order valence-electron chi connectivity index (χ1n) is 10.2. The lowest BCUT2D eigenvalue weighted by Crippen LogP contribution is -2.32. The number of phenols is 1. The average Bonchev–Trinajstić information content (AvgIpc) is 3.23. The molecule has 0 spiro atoms. The summed E-state index contributed by atoms with van der Waals surface area (Å²) in [4.78, 5) is 14.7. The van der Waals surface area contributed by atoms with Crippen molar-refractivity contribution >= 4 is 17.2 Å². The summed E-state index contributed by atoms with van der Waals surface area (Å²) < 4.78 is 0. The van der Waals surface area contributed by atoms with Gasteiger partial charge in [0.2, 0.25) is 5.01 Å². The van der Waals surface area contributed by atoms with Gasteiger partial charge in [0.1, 0.15) is 10.8 Å². The molecule has 2 N–H and O–H groups in total. The monoisotopic (exact) mass is 422 g/mol. The zero-order valence-electron chi connectivity index (χ0n) is 17.0. The molecule has 1 aliphatic rings. The molecule has 2 aromatic carbocycles. The molecule has 1 fully saturated rings. The summed E-state index contributed by atoms with van der Waals surface area (Å²) >= 11 is 1.37. The molecule has 4 rings (SSSR count). The van der Waals surface area contributed by atoms with E-state index < -0.39 is 0 Å². The number of benzene rings is 2. The molecule has 0 aliphatic carbocycles. The lowest BCUT2D eigenvalue weighted by atomic mass is 9.89. The van der Waals surface area contributed by atoms with Crippen LogP contribution >= 0.6 is 11.3 Å². The number of phenolic OH excluding ortho intramolecular Hbond substituents is 1. The molecule has 1 saturated heterocycles. The SMILES string of the molecule is Cc1ccc(CNC(=O)c2nnc(CN3CCC(c4ccc(O)cc4)CC3)s2)cc1. The van der Waals surface area contributed by atoms with Crippen molar-refractivity contribution in [2.24, 2.45) is 0 Å². The maximum atomic E-state index is 12.4. The number of likely N-dealkylation sites (tertiary alicyclic amines) is 1. The van der Waals surface area contributed by atoms with Crippen molar-refractivity contribution in [3.05, 3.63) is 75.2 Å². The Labute approximate surface area is 180 Å². The Bertz CT molecular complexity index is 977. The number of carbonyl (C=O) groups excluding carboxylic acids is 1. The third kappa shape index (κ3) is 5.23. The Balaban J connectivity index is 1.26. The molecule has 6 nitrogen and oxygen atoms in total. The molecule has 0 bridgehead atoms. The van der Waals surface area contributed by atoms with Crippen molar-refractivity contribution < 1.29 is 9.90 Å². The highest BCUT2D eigenvalue weighted by Gasteiger charge is 2.22. The molecule has 0 unspecified atom stereocenters. The number of aryl methyl sites for hydroxylation is 1. The zero-order chi connectivity index (χ0) is 20.9. The molecule has 156 valence electrons. The molecule has 7 heteroatoms. The molecule has 0 saturated carbocycles. The normalized spacial score (nSPS) is 15.2. The highest BCUT2D eigenvalue weighted by molar-refractivity contribution is 7.13. The first-order valence-corrected chi connectivity index (χ1v) is 11.1. The van der Waals surface area contributed by atoms with Crippen LogP contribution in [0.3, 0.4) is 0 Å². The average molecular weight is 423 g/mol. The van der Waals surface area contributed by atoms with Crippen molar-refractivity contribution in [1.82, 2.24) is 20.4 Å². The van der Waals surface area contributed by atoms with Gasteiger partial charge in [-0.3, -0.25) is 9.69 Å². The van der Waals surface area contributed by atoms with Gasteiger partial charge in [-0.25, -0.2) is 0 Å². The number of amides is 1. The Morgan fingerprint density at radius 3 is 2.50 bits per heavy atom. The molecule has 1 aliphatic heterocycles. The van der Waals surface area contributed by atoms with Gasteiger partial charge < -0.3 is 10.4 Å². The van der Waals surface area contributed by atoms with Crippen molar-refractivity contribution in [1.29, 1.82) is 0 Å². The molecule has 0 atom stereocenters. The van der Waals surface area contributed by atoms with Gasteiger partial charge >= 0.3 is 0 Å². The van der Waals surface area contributed by atoms with Crippen LogP contribution in [0.5, 0.6) is 5.75 Å². The summed E-state index contributed by atoms with van der Waals surface area (Å²) in [5, 5.41) is 22.0. The molecule has 1 amide bonds. The van der Waals surface area contributed by atoms with E-state index in [1.807, 2.05) is 43.3 Å². The van der Waals surface area contributed by atoms with E-state index in [0.29, 0.717) is 23.2 Å². The number of hydrogen-bond acceptors (Lipinski definition) is 6. The Hall–Kier alpha value is -2.77. The van der Waals surface area contributed by atoms with E-state index >= 15 is 0 Å². The minimum absolute atomic E-state index is 0.176. The number of rotatable bonds is 6. The third-order valence-corrected chi connectivity index (χ3v) is 6.45. The van der Waals surface area contributed by atoms with Crippen LogP contribution in [0, 0.1) is 6.92 Å². The van der Waals surface area contributed by atoms with Crippen LogP contribution in [0.15, 0.2) is 48.5 Å². The highest BCUT2D eigenvalue weighted by Crippen LogP contribution is 2.29. The first kappa shape index (κ1) is 20.5. The second-order valence-corrected chi connectivity index (χ2v) is 8.87. The van der Waals surface area contributed by atoms with Crippen molar-refractivity contribution in [3.8, 4) is 5.75 Å². The zero-order valence-corrected chi connectivity index (χ0v) is 17.9. The fourth-order valence-corrected chi connectivity index (χ4v) is 4.53. The van der Waals surface area contributed by atoms with Gasteiger partial charge in [0.25, 0.3) is 5.91 Å². The second kappa shape index (κ2) is 9.36. The first-order chi connectivity index (χ1) is 14.6. The number of aromatic hydroxyl groups is 1. The van der Waals surface area contributed by atoms with E-state index in [0.717, 1.165) is 43.0 Å². The topological polar surface area (TPSA) is 78.4 Å². The lowest BCUT2D eigenvalue weighted by molar-refractivity contribution is 0.0950. The molecular formula is C23H26N4O2S. The van der Waals surface area contributed by atoms with Crippen LogP contribution in [0.1, 0.15) is 50.3 Å². The lowest BCUT2D eigenvalue weighted by Gasteiger charge is -2.31. The van der Waals surface area contributed by atoms with Crippen LogP contribution in [0.4, 0.5) is 0 Å². The van der Waals surface area contributed by atoms with Gasteiger partial charge in [0.15, 0.2) is 0 Å². The van der Waals surface area contributed by atoms with Gasteiger partial charge in [-0.05, 0) is 62.0 Å². The van der Waals surface area contributed by atoms with Gasteiger partial charge in [-0.2, -0.15) is 0 Å². The van der Waals surface area contributed by atoms with E-state index in [9.17, 15) is 9.90 Å². The minimum Gasteiger partial charge on any atom is -0.508 e. The number of aromatic nitrogens is 2. The predicted octanol–water partition coefficient (Wildman–Crippen LogP) is 3.86. The van der Waals surface area contributed by atoms with Gasteiger partial charge in [0, 0.05) is 6.54 Å². The van der Waals surface area contributed by atoms with Crippen LogP contribution in [0.25, 0.3) is 0 Å². The summed E-state index contributed by atoms with van der Waals surface area (Å²) in [7, 11) is 0.